The lowest BCUT2D eigenvalue weighted by Gasteiger charge is -2.11. The summed E-state index contributed by atoms with van der Waals surface area (Å²) in [6.45, 7) is 0.591. The lowest BCUT2D eigenvalue weighted by atomic mass is 10.2. The van der Waals surface area contributed by atoms with Gasteiger partial charge >= 0.3 is 5.97 Å². The number of carboxylic acids is 1. The quantitative estimate of drug-likeness (QED) is 0.857. The highest BCUT2D eigenvalue weighted by molar-refractivity contribution is 6.29. The Morgan fingerprint density at radius 2 is 2.22 bits per heavy atom. The zero-order valence-electron chi connectivity index (χ0n) is 10.2. The maximum atomic E-state index is 10.9. The smallest absolute Gasteiger partial charge is 0.309 e. The number of carboxylic acid groups (broad SMARTS) is 1. The van der Waals surface area contributed by atoms with Crippen molar-refractivity contribution in [2.75, 3.05) is 14.1 Å². The summed E-state index contributed by atoms with van der Waals surface area (Å²) in [4.78, 5) is 17.2. The van der Waals surface area contributed by atoms with Gasteiger partial charge in [-0.2, -0.15) is 0 Å². The van der Waals surface area contributed by atoms with Gasteiger partial charge in [-0.3, -0.25) is 9.20 Å². The van der Waals surface area contributed by atoms with Crippen LogP contribution in [0.3, 0.4) is 0 Å². The molecule has 2 heterocycles. The summed E-state index contributed by atoms with van der Waals surface area (Å²) < 4.78 is 1.79. The summed E-state index contributed by atoms with van der Waals surface area (Å²) in [5.41, 5.74) is 2.06. The van der Waals surface area contributed by atoms with Crippen molar-refractivity contribution in [2.24, 2.45) is 0 Å². The van der Waals surface area contributed by atoms with Gasteiger partial charge in [0, 0.05) is 6.54 Å². The van der Waals surface area contributed by atoms with E-state index in [9.17, 15) is 4.79 Å². The van der Waals surface area contributed by atoms with Gasteiger partial charge < -0.3 is 10.0 Å². The number of carbonyl (C=O) groups is 1. The summed E-state index contributed by atoms with van der Waals surface area (Å²) in [5.74, 6) is -0.894. The predicted molar refractivity (Wildman–Crippen MR) is 68.9 cm³/mol. The van der Waals surface area contributed by atoms with Gasteiger partial charge in [0.15, 0.2) is 0 Å². The standard InChI is InChI=1S/C12H14ClN3O2/c1-15(2)7-9-8(6-12(17)18)14-11-5-3-4-10(13)16(9)11/h3-5H,6-7H2,1-2H3,(H,17,18). The molecule has 0 amide bonds. The van der Waals surface area contributed by atoms with E-state index in [1.54, 1.807) is 16.5 Å². The molecule has 0 aliphatic rings. The van der Waals surface area contributed by atoms with Crippen molar-refractivity contribution in [1.29, 1.82) is 0 Å². The van der Waals surface area contributed by atoms with Gasteiger partial charge in [0.05, 0.1) is 17.8 Å². The number of imidazole rings is 1. The molecule has 0 unspecified atom stereocenters. The first kappa shape index (κ1) is 12.9. The van der Waals surface area contributed by atoms with Crippen LogP contribution in [0.1, 0.15) is 11.4 Å². The topological polar surface area (TPSA) is 57.8 Å². The van der Waals surface area contributed by atoms with Gasteiger partial charge in [-0.1, -0.05) is 17.7 Å². The van der Waals surface area contributed by atoms with Crippen LogP contribution < -0.4 is 0 Å². The lowest BCUT2D eigenvalue weighted by molar-refractivity contribution is -0.136. The molecule has 0 saturated carbocycles. The molecule has 0 atom stereocenters. The Balaban J connectivity index is 2.61. The van der Waals surface area contributed by atoms with Crippen LogP contribution in [0, 0.1) is 0 Å². The van der Waals surface area contributed by atoms with Crippen LogP contribution >= 0.6 is 11.6 Å². The average molecular weight is 268 g/mol. The van der Waals surface area contributed by atoms with E-state index in [0.29, 0.717) is 23.0 Å². The Labute approximate surface area is 110 Å². The molecular weight excluding hydrogens is 254 g/mol. The summed E-state index contributed by atoms with van der Waals surface area (Å²) in [7, 11) is 3.83. The minimum atomic E-state index is -0.894. The molecule has 0 aromatic carbocycles. The number of fused-ring (bicyclic) bond motifs is 1. The van der Waals surface area contributed by atoms with Crippen molar-refractivity contribution in [1.82, 2.24) is 14.3 Å². The number of halogens is 1. The summed E-state index contributed by atoms with van der Waals surface area (Å²) in [6, 6.07) is 5.38. The second-order valence-electron chi connectivity index (χ2n) is 4.36. The predicted octanol–water partition coefficient (Wildman–Crippen LogP) is 1.68. The molecule has 0 fully saturated rings. The number of aliphatic carboxylic acids is 1. The lowest BCUT2D eigenvalue weighted by Crippen LogP contribution is -2.15. The van der Waals surface area contributed by atoms with Crippen molar-refractivity contribution < 1.29 is 9.90 Å². The number of rotatable bonds is 4. The second kappa shape index (κ2) is 4.96. The molecule has 0 aliphatic heterocycles. The Hall–Kier alpha value is -1.59. The Morgan fingerprint density at radius 3 is 2.83 bits per heavy atom. The van der Waals surface area contributed by atoms with Gasteiger partial charge in [-0.05, 0) is 26.2 Å². The second-order valence-corrected chi connectivity index (χ2v) is 4.74. The first-order valence-electron chi connectivity index (χ1n) is 5.50. The highest BCUT2D eigenvalue weighted by Gasteiger charge is 2.16. The maximum absolute atomic E-state index is 10.9. The molecule has 6 heteroatoms. The SMILES string of the molecule is CN(C)Cc1c(CC(=O)O)nc2cccc(Cl)n12. The van der Waals surface area contributed by atoms with Crippen LogP contribution in [0.15, 0.2) is 18.2 Å². The van der Waals surface area contributed by atoms with Crippen molar-refractivity contribution in [3.8, 4) is 0 Å². The molecule has 2 aromatic heterocycles. The van der Waals surface area contributed by atoms with Crippen LogP contribution in [0.25, 0.3) is 5.65 Å². The summed E-state index contributed by atoms with van der Waals surface area (Å²) in [6.07, 6.45) is -0.0960. The van der Waals surface area contributed by atoms with Gasteiger partial charge in [0.2, 0.25) is 0 Å². The molecule has 0 spiro atoms. The Kier molecular flexibility index (Phi) is 3.54. The number of hydrogen-bond donors (Lipinski definition) is 1. The third-order valence-corrected chi connectivity index (χ3v) is 2.85. The number of pyridine rings is 1. The van der Waals surface area contributed by atoms with E-state index in [-0.39, 0.29) is 6.42 Å². The van der Waals surface area contributed by atoms with E-state index in [1.165, 1.54) is 0 Å². The first-order valence-corrected chi connectivity index (χ1v) is 5.88. The van der Waals surface area contributed by atoms with Crippen LogP contribution in [-0.4, -0.2) is 39.5 Å². The highest BCUT2D eigenvalue weighted by Crippen LogP contribution is 2.20. The molecule has 1 N–H and O–H groups in total. The average Bonchev–Trinajstić information content (AvgIpc) is 2.56. The fraction of sp³-hybridized carbons (Fsp3) is 0.333. The van der Waals surface area contributed by atoms with Gasteiger partial charge in [0.25, 0.3) is 0 Å². The Bertz CT molecular complexity index is 592. The molecule has 96 valence electrons. The third-order valence-electron chi connectivity index (χ3n) is 2.56. The van der Waals surface area contributed by atoms with E-state index in [0.717, 1.165) is 5.69 Å². The molecular formula is C12H14ClN3O2. The monoisotopic (exact) mass is 267 g/mol. The maximum Gasteiger partial charge on any atom is 0.309 e. The fourth-order valence-electron chi connectivity index (χ4n) is 1.90. The van der Waals surface area contributed by atoms with Gasteiger partial charge in [-0.15, -0.1) is 0 Å². The van der Waals surface area contributed by atoms with Crippen LogP contribution in [-0.2, 0) is 17.8 Å². The molecule has 0 saturated heterocycles. The van der Waals surface area contributed by atoms with Crippen molar-refractivity contribution in [2.45, 2.75) is 13.0 Å². The largest absolute Gasteiger partial charge is 0.481 e. The molecule has 2 rings (SSSR count). The number of aromatic nitrogens is 2. The van der Waals surface area contributed by atoms with Crippen molar-refractivity contribution >= 4 is 23.2 Å². The van der Waals surface area contributed by atoms with E-state index in [1.807, 2.05) is 25.1 Å². The van der Waals surface area contributed by atoms with Crippen LogP contribution in [0.2, 0.25) is 5.15 Å². The minimum absolute atomic E-state index is 0.0960. The number of nitrogens with zero attached hydrogens (tertiary/aromatic N) is 3. The van der Waals surface area contributed by atoms with Crippen LogP contribution in [0.5, 0.6) is 0 Å². The summed E-state index contributed by atoms with van der Waals surface area (Å²) in [5, 5.41) is 9.46. The molecule has 0 bridgehead atoms. The Morgan fingerprint density at radius 1 is 1.50 bits per heavy atom. The zero-order valence-corrected chi connectivity index (χ0v) is 11.0. The normalized spacial score (nSPS) is 11.3. The molecule has 0 radical (unpaired) electrons. The van der Waals surface area contributed by atoms with Crippen molar-refractivity contribution in [3.05, 3.63) is 34.7 Å². The number of hydrogen-bond acceptors (Lipinski definition) is 3. The van der Waals surface area contributed by atoms with Crippen molar-refractivity contribution in [3.63, 3.8) is 0 Å². The third kappa shape index (κ3) is 2.47. The van der Waals surface area contributed by atoms with Gasteiger partial charge in [0.1, 0.15) is 10.8 Å². The molecule has 2 aromatic rings. The summed E-state index contributed by atoms with van der Waals surface area (Å²) >= 11 is 6.15. The molecule has 0 aliphatic carbocycles. The molecule has 18 heavy (non-hydrogen) atoms. The van der Waals surface area contributed by atoms with Crippen LogP contribution in [0.4, 0.5) is 0 Å². The van der Waals surface area contributed by atoms with E-state index in [2.05, 4.69) is 4.98 Å². The first-order chi connectivity index (χ1) is 8.49. The van der Waals surface area contributed by atoms with E-state index >= 15 is 0 Å². The minimum Gasteiger partial charge on any atom is -0.481 e. The zero-order chi connectivity index (χ0) is 13.3. The van der Waals surface area contributed by atoms with Gasteiger partial charge in [-0.25, -0.2) is 4.98 Å². The fourth-order valence-corrected chi connectivity index (χ4v) is 2.17. The van der Waals surface area contributed by atoms with E-state index in [4.69, 9.17) is 16.7 Å². The molecule has 5 nitrogen and oxygen atoms in total. The van der Waals surface area contributed by atoms with E-state index < -0.39 is 5.97 Å². The highest BCUT2D eigenvalue weighted by atomic mass is 35.5.